The maximum absolute atomic E-state index is 6.30. The highest BCUT2D eigenvalue weighted by molar-refractivity contribution is 5.64. The van der Waals surface area contributed by atoms with Gasteiger partial charge in [-0.1, -0.05) is 60.7 Å². The smallest absolute Gasteiger partial charge is 0.221 e. The van der Waals surface area contributed by atoms with Gasteiger partial charge in [-0.15, -0.1) is 0 Å². The van der Waals surface area contributed by atoms with Gasteiger partial charge >= 0.3 is 0 Å². The van der Waals surface area contributed by atoms with E-state index in [1.54, 1.807) is 36.4 Å². The average molecular weight is 1010 g/mol. The first-order chi connectivity index (χ1) is 37.1. The molecule has 0 spiro atoms. The Balaban J connectivity index is 1.12. The predicted molar refractivity (Wildman–Crippen MR) is 297 cm³/mol. The molecule has 376 valence electrons. The van der Waals surface area contributed by atoms with Crippen LogP contribution in [0, 0.1) is 0 Å². The molecule has 11 aromatic rings. The van der Waals surface area contributed by atoms with E-state index in [4.69, 9.17) is 57.5 Å². The molecule has 9 aromatic heterocycles. The van der Waals surface area contributed by atoms with Crippen molar-refractivity contribution in [2.24, 2.45) is 42.3 Å². The van der Waals surface area contributed by atoms with Crippen molar-refractivity contribution in [2.45, 2.75) is 0 Å². The Morgan fingerprint density at radius 2 is 0.368 bits per heavy atom. The molecule has 0 aliphatic heterocycles. The zero-order chi connectivity index (χ0) is 52.1. The molecule has 0 saturated heterocycles. The molecule has 9 heterocycles. The fourth-order valence-corrected chi connectivity index (χ4v) is 8.12. The Morgan fingerprint density at radius 3 is 0.566 bits per heavy atom. The van der Waals surface area contributed by atoms with Crippen LogP contribution in [0.2, 0.25) is 0 Å². The van der Waals surface area contributed by atoms with Crippen LogP contribution in [-0.4, -0.2) is 67.3 Å². The Labute approximate surface area is 432 Å². The molecule has 18 heteroatoms. The molecular formula is C58H50N14O4. The van der Waals surface area contributed by atoms with E-state index in [0.717, 1.165) is 0 Å². The van der Waals surface area contributed by atoms with Gasteiger partial charge in [-0.2, -0.15) is 19.9 Å². The Hall–Kier alpha value is -10.4. The molecule has 0 saturated carbocycles. The number of fused-ring (bicyclic) bond motifs is 20. The first kappa shape index (κ1) is 47.9. The number of aryl methyl sites for hydroxylation is 6. The van der Waals surface area contributed by atoms with Crippen LogP contribution in [0.5, 0.6) is 0 Å². The number of benzene rings is 2. The second-order valence-electron chi connectivity index (χ2n) is 17.5. The molecule has 76 heavy (non-hydrogen) atoms. The first-order valence-corrected chi connectivity index (χ1v) is 24.2. The molecule has 0 radical (unpaired) electrons. The fraction of sp³-hybridized carbons (Fsp3) is 0.103. The van der Waals surface area contributed by atoms with Crippen molar-refractivity contribution in [3.63, 3.8) is 0 Å². The van der Waals surface area contributed by atoms with Crippen LogP contribution in [0.15, 0.2) is 212 Å². The van der Waals surface area contributed by atoms with Crippen LogP contribution >= 0.6 is 0 Å². The van der Waals surface area contributed by atoms with Crippen molar-refractivity contribution >= 4 is 113 Å². The van der Waals surface area contributed by atoms with E-state index in [0.29, 0.717) is 113 Å². The number of hydrogen-bond acceptors (Lipinski definition) is 12. The summed E-state index contributed by atoms with van der Waals surface area (Å²) >= 11 is 0. The van der Waals surface area contributed by atoms with E-state index >= 15 is 0 Å². The summed E-state index contributed by atoms with van der Waals surface area (Å²) in [6, 6.07) is 60.2. The van der Waals surface area contributed by atoms with Gasteiger partial charge in [0.25, 0.3) is 0 Å². The van der Waals surface area contributed by atoms with E-state index in [9.17, 15) is 0 Å². The van der Waals surface area contributed by atoms with E-state index in [2.05, 4.69) is 0 Å². The number of nitrogens with zero attached hydrogens (tertiary/aromatic N) is 14. The van der Waals surface area contributed by atoms with Crippen molar-refractivity contribution in [1.29, 1.82) is 0 Å². The molecule has 0 aliphatic rings. The van der Waals surface area contributed by atoms with E-state index in [1.165, 1.54) is 0 Å². The molecule has 0 aliphatic carbocycles. The third kappa shape index (κ3) is 10.6. The highest BCUT2D eigenvalue weighted by atomic mass is 16.4. The third-order valence-corrected chi connectivity index (χ3v) is 12.3. The van der Waals surface area contributed by atoms with Crippen molar-refractivity contribution in [3.8, 4) is 0 Å². The molecule has 0 amide bonds. The molecule has 0 atom stereocenters. The van der Waals surface area contributed by atoms with Crippen LogP contribution in [0.4, 0.5) is 0 Å². The maximum atomic E-state index is 6.30. The van der Waals surface area contributed by atoms with Gasteiger partial charge in [-0.25, -0.2) is 19.9 Å². The fourth-order valence-electron chi connectivity index (χ4n) is 8.12. The summed E-state index contributed by atoms with van der Waals surface area (Å²) in [7, 11) is 11.5. The third-order valence-electron chi connectivity index (χ3n) is 12.3. The van der Waals surface area contributed by atoms with Crippen molar-refractivity contribution in [1.82, 2.24) is 67.3 Å². The molecule has 18 nitrogen and oxygen atoms in total. The molecule has 2 aromatic carbocycles. The lowest BCUT2D eigenvalue weighted by Crippen LogP contribution is -2.01. The van der Waals surface area contributed by atoms with Crippen LogP contribution in [0.3, 0.4) is 0 Å². The SMILES string of the molecule is Cn1c2cccc(n2)oc2cccc(c2)oc2cccc(n2)n(C)c2cccc(n2)n(C)c2cccc(n2)n(C)c2cccc(n2)oc2cccc(c2)oc2cccc(n2)n(C)c2cccc(n2)n(C)c2cccc1n2. The second-order valence-corrected chi connectivity index (χ2v) is 17.5. The van der Waals surface area contributed by atoms with E-state index in [1.807, 2.05) is 227 Å². The molecule has 20 bridgehead atoms. The van der Waals surface area contributed by atoms with E-state index in [-0.39, 0.29) is 0 Å². The molecule has 0 fully saturated rings. The highest BCUT2D eigenvalue weighted by Gasteiger charge is 2.04. The Bertz CT molecular complexity index is 4090. The largest absolute Gasteiger partial charge is 0.439 e. The lowest BCUT2D eigenvalue weighted by atomic mass is 10.3. The van der Waals surface area contributed by atoms with Gasteiger partial charge in [0.2, 0.25) is 22.9 Å². The van der Waals surface area contributed by atoms with Crippen LogP contribution in [-0.2, 0) is 42.3 Å². The predicted octanol–water partition coefficient (Wildman–Crippen LogP) is 12.3. The molecule has 11 rings (SSSR count). The quantitative estimate of drug-likeness (QED) is 0.140. The van der Waals surface area contributed by atoms with Gasteiger partial charge in [0, 0.05) is 78.7 Å². The number of aromatic nitrogens is 14. The summed E-state index contributed by atoms with van der Waals surface area (Å²) in [4.78, 5) is 39.4. The average Bonchev–Trinajstić information content (AvgIpc) is 3.46. The lowest BCUT2D eigenvalue weighted by molar-refractivity contribution is 0.626. The van der Waals surface area contributed by atoms with Gasteiger partial charge in [-0.3, -0.25) is 0 Å². The van der Waals surface area contributed by atoms with Crippen molar-refractivity contribution in [3.05, 3.63) is 194 Å². The minimum Gasteiger partial charge on any atom is -0.439 e. The molecule has 0 N–H and O–H groups in total. The van der Waals surface area contributed by atoms with Crippen LogP contribution in [0.1, 0.15) is 0 Å². The summed E-state index contributed by atoms with van der Waals surface area (Å²) in [6.07, 6.45) is 0. The monoisotopic (exact) mass is 1010 g/mol. The van der Waals surface area contributed by atoms with Crippen LogP contribution in [0.25, 0.3) is 113 Å². The van der Waals surface area contributed by atoms with Crippen molar-refractivity contribution < 1.29 is 17.7 Å². The second kappa shape index (κ2) is 21.0. The zero-order valence-electron chi connectivity index (χ0n) is 42.4. The summed E-state index contributed by atoms with van der Waals surface area (Å²) < 4.78 is 36.6. The van der Waals surface area contributed by atoms with Gasteiger partial charge < -0.3 is 45.1 Å². The Kier molecular flexibility index (Phi) is 13.2. The van der Waals surface area contributed by atoms with Crippen molar-refractivity contribution in [2.75, 3.05) is 0 Å². The molecular weight excluding hydrogens is 957 g/mol. The van der Waals surface area contributed by atoms with Gasteiger partial charge in [0.1, 0.15) is 90.1 Å². The summed E-state index contributed by atoms with van der Waals surface area (Å²) in [6.45, 7) is 0. The highest BCUT2D eigenvalue weighted by Crippen LogP contribution is 2.16. The number of rotatable bonds is 0. The number of hydrogen-bond donors (Lipinski definition) is 0. The molecule has 0 unspecified atom stereocenters. The first-order valence-electron chi connectivity index (χ1n) is 24.2. The summed E-state index contributed by atoms with van der Waals surface area (Å²) in [5.74, 6) is 0. The van der Waals surface area contributed by atoms with Crippen LogP contribution < -0.4 is 0 Å². The van der Waals surface area contributed by atoms with Gasteiger partial charge in [-0.05, 0) is 97.1 Å². The summed E-state index contributed by atoms with van der Waals surface area (Å²) in [5, 5.41) is 0. The lowest BCUT2D eigenvalue weighted by Gasteiger charge is -2.06. The minimum absolute atomic E-state index is 0.390. The van der Waals surface area contributed by atoms with Gasteiger partial charge in [0.05, 0.1) is 0 Å². The zero-order valence-corrected chi connectivity index (χ0v) is 42.4. The van der Waals surface area contributed by atoms with E-state index < -0.39 is 0 Å². The number of pyridine rings is 8. The maximum Gasteiger partial charge on any atom is 0.221 e. The normalized spacial score (nSPS) is 11.0. The standard InChI is InChI=1S/C58H50N14O4/c1-67-43-21-9-25-47(59-43)69(3)51-29-13-33-55(63-51)73-39-17-7-19-41(37-39)75-57-35-15-31-53(65-57)71(5)49-27-11-23-45(61-49)68(2)46-24-12-28-50(62-46)72(6)54-32-16-36-58(66-54)76-42-20-8-18-40(38-42)74-56-34-14-30-52(64-56)70(4)48-26-10-22-44(67)60-48/h7-38H,1-6H3. The summed E-state index contributed by atoms with van der Waals surface area (Å²) in [5.41, 5.74) is 11.6. The Morgan fingerprint density at radius 1 is 0.211 bits per heavy atom. The topological polar surface area (TPSA) is 185 Å². The minimum atomic E-state index is 0.390. The van der Waals surface area contributed by atoms with Gasteiger partial charge in [0.15, 0.2) is 0 Å².